The smallest absolute Gasteiger partial charge is 0.316 e. The summed E-state index contributed by atoms with van der Waals surface area (Å²) in [6, 6.07) is 24.9. The molecular weight excluding hydrogens is 838 g/mol. The number of nitrogens with zero attached hydrogens (tertiary/aromatic N) is 4. The van der Waals surface area contributed by atoms with E-state index in [9.17, 15) is 18.7 Å². The van der Waals surface area contributed by atoms with Gasteiger partial charge in [0.1, 0.15) is 28.8 Å². The van der Waals surface area contributed by atoms with Gasteiger partial charge in [-0.25, -0.2) is 18.3 Å². The molecule has 0 aromatic heterocycles. The van der Waals surface area contributed by atoms with Crippen molar-refractivity contribution in [3.8, 4) is 11.5 Å². The lowest BCUT2D eigenvalue weighted by atomic mass is 10.0. The first-order valence-corrected chi connectivity index (χ1v) is 18.1. The molecule has 3 aliphatic heterocycles. The third kappa shape index (κ3) is 8.84. The van der Waals surface area contributed by atoms with Crippen LogP contribution in [0.4, 0.5) is 20.2 Å². The normalized spacial score (nSPS) is 17.3. The highest BCUT2D eigenvalue weighted by Crippen LogP contribution is 2.39. The maximum Gasteiger partial charge on any atom is 0.316 e. The van der Waals surface area contributed by atoms with Gasteiger partial charge in [-0.05, 0) is 85.3 Å². The van der Waals surface area contributed by atoms with E-state index in [1.54, 1.807) is 41.7 Å². The highest BCUT2D eigenvalue weighted by Gasteiger charge is 2.55. The van der Waals surface area contributed by atoms with Crippen molar-refractivity contribution in [1.29, 1.82) is 0 Å². The first-order valence-electron chi connectivity index (χ1n) is 16.2. The number of carbonyl (C=O) groups is 1. The highest BCUT2D eigenvalue weighted by molar-refractivity contribution is 8.93. The van der Waals surface area contributed by atoms with Crippen LogP contribution in [0.2, 0.25) is 0 Å². The Hall–Kier alpha value is -3.43. The predicted molar refractivity (Wildman–Crippen MR) is 209 cm³/mol. The Morgan fingerprint density at radius 2 is 1.60 bits per heavy atom. The van der Waals surface area contributed by atoms with E-state index in [0.717, 1.165) is 50.9 Å². The van der Waals surface area contributed by atoms with Crippen LogP contribution in [0.5, 0.6) is 11.5 Å². The molecule has 14 heteroatoms. The largest absolute Gasteiger partial charge is 1.00 e. The van der Waals surface area contributed by atoms with Crippen molar-refractivity contribution in [1.82, 2.24) is 0 Å². The summed E-state index contributed by atoms with van der Waals surface area (Å²) in [5, 5.41) is 13.2. The Bertz CT molecular complexity index is 1990. The van der Waals surface area contributed by atoms with Crippen LogP contribution in [0.25, 0.3) is 0 Å². The number of halogens is 4. The van der Waals surface area contributed by atoms with Crippen LogP contribution in [0, 0.1) is 25.5 Å². The molecule has 4 aromatic carbocycles. The number of Topliss-reactive ketones (excluding diaryl/α,β-unsaturated/α-hetero) is 1. The molecule has 1 N–H and O–H groups in total. The van der Waals surface area contributed by atoms with Crippen molar-refractivity contribution >= 4 is 68.0 Å². The fraction of sp³-hybridized carbons (Fsp3) is 0.289. The first-order chi connectivity index (χ1) is 24.1. The van der Waals surface area contributed by atoms with Crippen molar-refractivity contribution in [2.45, 2.75) is 19.6 Å². The van der Waals surface area contributed by atoms with Gasteiger partial charge in [0.2, 0.25) is 0 Å². The fourth-order valence-corrected chi connectivity index (χ4v) is 8.20. The van der Waals surface area contributed by atoms with Crippen LogP contribution in [0.15, 0.2) is 89.9 Å². The number of anilines is 2. The number of benzene rings is 4. The number of hydrogen-bond acceptors (Lipinski definition) is 9. The molecule has 1 unspecified atom stereocenters. The minimum atomic E-state index is -1.39. The van der Waals surface area contributed by atoms with Crippen molar-refractivity contribution in [2.24, 2.45) is 4.99 Å². The van der Waals surface area contributed by atoms with Crippen LogP contribution in [-0.4, -0.2) is 77.7 Å². The summed E-state index contributed by atoms with van der Waals surface area (Å²) in [5.74, 6) is 1.27. The van der Waals surface area contributed by atoms with Gasteiger partial charge in [-0.3, -0.25) is 9.79 Å². The quantitative estimate of drug-likeness (QED) is 0.206. The Morgan fingerprint density at radius 3 is 2.21 bits per heavy atom. The second-order valence-electron chi connectivity index (χ2n) is 12.1. The number of β-amino-alcohol motifs (C(OH)–C–C–N with tert-alkyl or cyclic N) is 1. The van der Waals surface area contributed by atoms with E-state index < -0.39 is 17.4 Å². The lowest BCUT2D eigenvalue weighted by Crippen LogP contribution is -3.00. The van der Waals surface area contributed by atoms with E-state index in [1.165, 1.54) is 32.4 Å². The summed E-state index contributed by atoms with van der Waals surface area (Å²) < 4.78 is 40.9. The number of methoxy groups -OCH3 is 2. The molecule has 1 atom stereocenters. The molecular formula is C38H40Br2F2N4O4S2. The lowest BCUT2D eigenvalue weighted by Gasteiger charge is -2.24. The third-order valence-electron chi connectivity index (χ3n) is 8.65. The van der Waals surface area contributed by atoms with Crippen LogP contribution < -0.4 is 36.3 Å². The molecule has 4 aromatic rings. The number of amidine groups is 2. The zero-order valence-corrected chi connectivity index (χ0v) is 34.1. The number of carbonyl (C=O) groups excluding carboxylic acids is 1. The summed E-state index contributed by atoms with van der Waals surface area (Å²) in [6.07, 6.45) is 0. The number of ketones is 1. The molecule has 0 aliphatic carbocycles. The number of aliphatic imine (C=N–C) groups is 1. The predicted octanol–water partition coefficient (Wildman–Crippen LogP) is 4.44. The number of thioether (sulfide) groups is 2. The monoisotopic (exact) mass is 876 g/mol. The van der Waals surface area contributed by atoms with Gasteiger partial charge in [-0.1, -0.05) is 36.0 Å². The maximum absolute atomic E-state index is 14.7. The third-order valence-corrected chi connectivity index (χ3v) is 10.7. The molecule has 7 rings (SSSR count). The van der Waals surface area contributed by atoms with Crippen molar-refractivity contribution < 1.29 is 49.7 Å². The molecule has 0 bridgehead atoms. The van der Waals surface area contributed by atoms with Crippen molar-refractivity contribution in [3.63, 3.8) is 0 Å². The highest BCUT2D eigenvalue weighted by atomic mass is 79.9. The number of ether oxygens (including phenoxy) is 2. The summed E-state index contributed by atoms with van der Waals surface area (Å²) >= 11 is 3.30. The second kappa shape index (κ2) is 18.1. The second-order valence-corrected chi connectivity index (χ2v) is 14.2. The topological polar surface area (TPSA) is 77.6 Å². The van der Waals surface area contributed by atoms with Gasteiger partial charge in [0.25, 0.3) is 5.72 Å². The van der Waals surface area contributed by atoms with Gasteiger partial charge in [-0.2, -0.15) is 0 Å². The molecule has 8 nitrogen and oxygen atoms in total. The minimum absolute atomic E-state index is 0. The van der Waals surface area contributed by atoms with Crippen molar-refractivity contribution in [2.75, 3.05) is 61.7 Å². The van der Waals surface area contributed by atoms with Crippen LogP contribution in [0.3, 0.4) is 0 Å². The molecule has 0 saturated carbocycles. The lowest BCUT2D eigenvalue weighted by molar-refractivity contribution is -0.651. The Labute approximate surface area is 332 Å². The molecule has 0 amide bonds. The van der Waals surface area contributed by atoms with E-state index >= 15 is 0 Å². The molecule has 3 heterocycles. The molecule has 0 fully saturated rings. The van der Waals surface area contributed by atoms with Gasteiger partial charge >= 0.3 is 5.17 Å². The molecule has 276 valence electrons. The Morgan fingerprint density at radius 1 is 0.923 bits per heavy atom. The zero-order chi connectivity index (χ0) is 35.4. The number of aliphatic hydroxyl groups is 1. The van der Waals surface area contributed by atoms with E-state index in [-0.39, 0.29) is 57.4 Å². The number of aryl methyl sites for hydroxylation is 2. The molecule has 0 radical (unpaired) electrons. The average Bonchev–Trinajstić information content (AvgIpc) is 3.88. The fourth-order valence-electron chi connectivity index (χ4n) is 6.15. The van der Waals surface area contributed by atoms with E-state index in [0.29, 0.717) is 24.6 Å². The summed E-state index contributed by atoms with van der Waals surface area (Å²) in [7, 11) is 2.96. The summed E-state index contributed by atoms with van der Waals surface area (Å²) in [6.45, 7) is 5.79. The van der Waals surface area contributed by atoms with Gasteiger partial charge in [0.15, 0.2) is 17.5 Å². The molecule has 3 aliphatic rings. The SMILES string of the molecule is Br.COc1ccc(C(=O)CN(C2=NCCS2)c2cccc(C)c2)c(F)c1.COc1ccc(C2(O)CN(c3cccc(C)c3)C3=[N+]2CCS3)c(F)c1.[Br-]. The van der Waals surface area contributed by atoms with E-state index in [1.807, 2.05) is 65.8 Å². The average molecular weight is 879 g/mol. The molecule has 52 heavy (non-hydrogen) atoms. The van der Waals surface area contributed by atoms with Crippen LogP contribution >= 0.6 is 40.5 Å². The Balaban J connectivity index is 0.000000224. The molecule has 0 saturated heterocycles. The zero-order valence-electron chi connectivity index (χ0n) is 29.1. The van der Waals surface area contributed by atoms with Crippen molar-refractivity contribution in [3.05, 3.63) is 119 Å². The van der Waals surface area contributed by atoms with Gasteiger partial charge in [-0.15, -0.1) is 17.0 Å². The summed E-state index contributed by atoms with van der Waals surface area (Å²) in [4.78, 5) is 21.1. The Kier molecular flexibility index (Phi) is 14.4. The standard InChI is InChI=1S/C19H20FN2O2S.C19H19FN2O2S.2BrH/c1-13-4-3-5-14(10-13)21-12-19(23,22-8-9-25-18(21)22)16-7-6-15(24-2)11-17(16)20;1-13-4-3-5-14(10-13)22(19-21-8-9-25-19)12-18(23)16-7-6-15(24-2)11-17(16)20;;/h3-7,10-11,23H,8-9,12H2,1-2H3;3-7,10-11H,8-9,12H2,1-2H3;2*1H/q+1;;;/p-1. The van der Waals surface area contributed by atoms with E-state index in [4.69, 9.17) is 9.47 Å². The van der Waals surface area contributed by atoms with Gasteiger partial charge in [0, 0.05) is 29.3 Å². The van der Waals surface area contributed by atoms with E-state index in [2.05, 4.69) is 16.0 Å². The van der Waals surface area contributed by atoms with Crippen LogP contribution in [-0.2, 0) is 5.72 Å². The van der Waals surface area contributed by atoms with Gasteiger partial charge < -0.3 is 36.5 Å². The maximum atomic E-state index is 14.7. The number of hydrogen-bond donors (Lipinski definition) is 1. The minimum Gasteiger partial charge on any atom is -1.00 e. The van der Waals surface area contributed by atoms with Gasteiger partial charge in [0.05, 0.1) is 45.0 Å². The first kappa shape index (κ1) is 41.3. The number of rotatable bonds is 8. The summed E-state index contributed by atoms with van der Waals surface area (Å²) in [5.41, 5.74) is 3.09. The van der Waals surface area contributed by atoms with Crippen LogP contribution in [0.1, 0.15) is 27.0 Å². The molecule has 0 spiro atoms.